The average molecular weight is 182 g/mol. The van der Waals surface area contributed by atoms with Crippen molar-refractivity contribution in [3.63, 3.8) is 0 Å². The van der Waals surface area contributed by atoms with E-state index in [0.29, 0.717) is 6.04 Å². The fourth-order valence-corrected chi connectivity index (χ4v) is 1.98. The quantitative estimate of drug-likeness (QED) is 0.606. The Balaban J connectivity index is 2.11. The van der Waals surface area contributed by atoms with Gasteiger partial charge in [0.15, 0.2) is 0 Å². The largest absolute Gasteiger partial charge is 0.314 e. The van der Waals surface area contributed by atoms with E-state index >= 15 is 0 Å². The maximum Gasteiger partial charge on any atom is 0.00676 e. The maximum atomic E-state index is 4.11. The molecule has 1 radical (unpaired) electrons. The summed E-state index contributed by atoms with van der Waals surface area (Å²) in [6, 6.07) is 0.499. The van der Waals surface area contributed by atoms with E-state index in [2.05, 4.69) is 12.2 Å². The molecule has 0 aromatic carbocycles. The van der Waals surface area contributed by atoms with Crippen molar-refractivity contribution in [2.24, 2.45) is 0 Å². The first-order valence-corrected chi connectivity index (χ1v) is 5.96. The Morgan fingerprint density at radius 2 is 1.31 bits per heavy atom. The third-order valence-corrected chi connectivity index (χ3v) is 2.91. The topological polar surface area (TPSA) is 12.0 Å². The molecule has 1 atom stereocenters. The summed E-state index contributed by atoms with van der Waals surface area (Å²) in [6.45, 7) is 5.29. The lowest BCUT2D eigenvalue weighted by Crippen LogP contribution is -2.27. The van der Waals surface area contributed by atoms with Gasteiger partial charge in [0.25, 0.3) is 0 Å². The summed E-state index contributed by atoms with van der Waals surface area (Å²) in [6.07, 6.45) is 12.6. The summed E-state index contributed by atoms with van der Waals surface area (Å²) in [7, 11) is 0. The summed E-state index contributed by atoms with van der Waals surface area (Å²) >= 11 is 0. The number of hydrogen-bond acceptors (Lipinski definition) is 1. The molecule has 1 fully saturated rings. The highest BCUT2D eigenvalue weighted by atomic mass is 14.9. The molecule has 0 bridgehead atoms. The van der Waals surface area contributed by atoms with Crippen molar-refractivity contribution in [2.45, 2.75) is 63.8 Å². The van der Waals surface area contributed by atoms with E-state index in [0.717, 1.165) is 0 Å². The SMILES string of the molecule is [CH2]C1CCCCCCCCCCN1. The summed E-state index contributed by atoms with van der Waals surface area (Å²) in [4.78, 5) is 0. The van der Waals surface area contributed by atoms with Crippen LogP contribution in [0.2, 0.25) is 0 Å². The van der Waals surface area contributed by atoms with E-state index in [4.69, 9.17) is 0 Å². The summed E-state index contributed by atoms with van der Waals surface area (Å²) in [5.74, 6) is 0. The van der Waals surface area contributed by atoms with Gasteiger partial charge >= 0.3 is 0 Å². The zero-order valence-electron chi connectivity index (χ0n) is 8.86. The second kappa shape index (κ2) is 7.37. The van der Waals surface area contributed by atoms with Crippen LogP contribution in [0.25, 0.3) is 0 Å². The molecule has 1 heteroatoms. The minimum Gasteiger partial charge on any atom is -0.314 e. The molecule has 0 saturated carbocycles. The predicted molar refractivity (Wildman–Crippen MR) is 58.7 cm³/mol. The lowest BCUT2D eigenvalue weighted by atomic mass is 10.0. The number of nitrogens with one attached hydrogen (secondary N) is 1. The molecule has 1 aliphatic heterocycles. The van der Waals surface area contributed by atoms with E-state index < -0.39 is 0 Å². The van der Waals surface area contributed by atoms with Gasteiger partial charge in [0.1, 0.15) is 0 Å². The molecule has 1 unspecified atom stereocenters. The third kappa shape index (κ3) is 6.09. The molecule has 1 N–H and O–H groups in total. The molecule has 0 aromatic heterocycles. The van der Waals surface area contributed by atoms with E-state index in [9.17, 15) is 0 Å². The van der Waals surface area contributed by atoms with Gasteiger partial charge in [0, 0.05) is 6.04 Å². The molecule has 0 aromatic rings. The molecule has 0 aliphatic carbocycles. The van der Waals surface area contributed by atoms with Crippen LogP contribution < -0.4 is 5.32 Å². The molecule has 13 heavy (non-hydrogen) atoms. The second-order valence-electron chi connectivity index (χ2n) is 4.27. The zero-order chi connectivity index (χ0) is 9.36. The van der Waals surface area contributed by atoms with Crippen LogP contribution in [-0.4, -0.2) is 12.6 Å². The minimum absolute atomic E-state index is 0.499. The van der Waals surface area contributed by atoms with E-state index in [1.54, 1.807) is 0 Å². The number of hydrogen-bond donors (Lipinski definition) is 1. The molecule has 1 aliphatic rings. The van der Waals surface area contributed by atoms with Crippen molar-refractivity contribution in [1.82, 2.24) is 5.32 Å². The highest BCUT2D eigenvalue weighted by Gasteiger charge is 2.01. The third-order valence-electron chi connectivity index (χ3n) is 2.91. The molecular weight excluding hydrogens is 158 g/mol. The van der Waals surface area contributed by atoms with Crippen molar-refractivity contribution in [3.8, 4) is 0 Å². The first kappa shape index (κ1) is 11.0. The van der Waals surface area contributed by atoms with Gasteiger partial charge in [0.2, 0.25) is 0 Å². The van der Waals surface area contributed by atoms with Gasteiger partial charge in [-0.15, -0.1) is 0 Å². The normalized spacial score (nSPS) is 28.8. The Kier molecular flexibility index (Phi) is 6.26. The molecular formula is C12H24N. The van der Waals surface area contributed by atoms with Crippen LogP contribution in [0.4, 0.5) is 0 Å². The van der Waals surface area contributed by atoms with Crippen LogP contribution in [-0.2, 0) is 0 Å². The van der Waals surface area contributed by atoms with Gasteiger partial charge in [-0.3, -0.25) is 0 Å². The summed E-state index contributed by atoms with van der Waals surface area (Å²) < 4.78 is 0. The molecule has 1 saturated heterocycles. The fourth-order valence-electron chi connectivity index (χ4n) is 1.98. The van der Waals surface area contributed by atoms with Crippen LogP contribution in [0, 0.1) is 6.92 Å². The summed E-state index contributed by atoms with van der Waals surface area (Å²) in [5.41, 5.74) is 0. The summed E-state index contributed by atoms with van der Waals surface area (Å²) in [5, 5.41) is 3.49. The lowest BCUT2D eigenvalue weighted by molar-refractivity contribution is 0.472. The first-order chi connectivity index (χ1) is 6.39. The van der Waals surface area contributed by atoms with Gasteiger partial charge in [-0.25, -0.2) is 0 Å². The Morgan fingerprint density at radius 1 is 0.769 bits per heavy atom. The van der Waals surface area contributed by atoms with Crippen molar-refractivity contribution >= 4 is 0 Å². The molecule has 1 nitrogen and oxygen atoms in total. The van der Waals surface area contributed by atoms with Crippen LogP contribution in [0.15, 0.2) is 0 Å². The van der Waals surface area contributed by atoms with E-state index in [1.165, 1.54) is 64.3 Å². The van der Waals surface area contributed by atoms with Crippen molar-refractivity contribution in [3.05, 3.63) is 6.92 Å². The zero-order valence-corrected chi connectivity index (χ0v) is 8.86. The van der Waals surface area contributed by atoms with Crippen LogP contribution >= 0.6 is 0 Å². The Bertz CT molecular complexity index is 99.7. The Morgan fingerprint density at radius 3 is 2.00 bits per heavy atom. The van der Waals surface area contributed by atoms with Crippen molar-refractivity contribution in [2.75, 3.05) is 6.54 Å². The fraction of sp³-hybridized carbons (Fsp3) is 0.917. The molecule has 1 rings (SSSR count). The van der Waals surface area contributed by atoms with Gasteiger partial charge in [-0.2, -0.15) is 0 Å². The van der Waals surface area contributed by atoms with Gasteiger partial charge in [0.05, 0.1) is 0 Å². The van der Waals surface area contributed by atoms with Crippen molar-refractivity contribution < 1.29 is 0 Å². The smallest absolute Gasteiger partial charge is 0.00676 e. The molecule has 77 valence electrons. The van der Waals surface area contributed by atoms with Crippen molar-refractivity contribution in [1.29, 1.82) is 0 Å². The Labute approximate surface area is 83.3 Å². The highest BCUT2D eigenvalue weighted by molar-refractivity contribution is 4.69. The molecule has 1 heterocycles. The molecule has 0 amide bonds. The van der Waals surface area contributed by atoms with E-state index in [-0.39, 0.29) is 0 Å². The second-order valence-corrected chi connectivity index (χ2v) is 4.27. The van der Waals surface area contributed by atoms with Gasteiger partial charge in [-0.05, 0) is 26.3 Å². The van der Waals surface area contributed by atoms with Crippen LogP contribution in [0.1, 0.15) is 57.8 Å². The monoisotopic (exact) mass is 182 g/mol. The Hall–Kier alpha value is -0.0400. The molecule has 0 spiro atoms. The highest BCUT2D eigenvalue weighted by Crippen LogP contribution is 2.11. The minimum atomic E-state index is 0.499. The van der Waals surface area contributed by atoms with Gasteiger partial charge in [-0.1, -0.05) is 44.9 Å². The van der Waals surface area contributed by atoms with Gasteiger partial charge < -0.3 is 5.32 Å². The standard InChI is InChI=1S/C12H24N/c1-12-10-8-6-4-2-3-5-7-9-11-13-12/h12-13H,1-11H2. The first-order valence-electron chi connectivity index (χ1n) is 5.96. The van der Waals surface area contributed by atoms with Crippen LogP contribution in [0.5, 0.6) is 0 Å². The average Bonchev–Trinajstić information content (AvgIpc) is 2.11. The van der Waals surface area contributed by atoms with Crippen LogP contribution in [0.3, 0.4) is 0 Å². The maximum absolute atomic E-state index is 4.11. The number of rotatable bonds is 0. The predicted octanol–water partition coefficient (Wildman–Crippen LogP) is 3.30. The van der Waals surface area contributed by atoms with E-state index in [1.807, 2.05) is 0 Å². The lowest BCUT2D eigenvalue weighted by Gasteiger charge is -2.14.